The molecule has 0 amide bonds. The van der Waals surface area contributed by atoms with Gasteiger partial charge in [-0.25, -0.2) is 0 Å². The Morgan fingerprint density at radius 2 is 1.33 bits per heavy atom. The van der Waals surface area contributed by atoms with Crippen molar-refractivity contribution in [1.82, 2.24) is 15.0 Å². The van der Waals surface area contributed by atoms with Gasteiger partial charge in [-0.2, -0.15) is 0 Å². The zero-order valence-electron chi connectivity index (χ0n) is 14.5. The summed E-state index contributed by atoms with van der Waals surface area (Å²) in [4.78, 5) is 1.26. The molecule has 0 aliphatic heterocycles. The highest BCUT2D eigenvalue weighted by Crippen LogP contribution is 2.35. The van der Waals surface area contributed by atoms with E-state index in [4.69, 9.17) is 0 Å². The molecular formula is C20H17N3O4. The zero-order chi connectivity index (χ0) is 19.1. The minimum atomic E-state index is -0.117. The van der Waals surface area contributed by atoms with E-state index in [1.54, 1.807) is 19.1 Å². The topological polar surface area (TPSA) is 112 Å². The summed E-state index contributed by atoms with van der Waals surface area (Å²) in [5.41, 5.74) is 2.85. The molecule has 0 fully saturated rings. The van der Waals surface area contributed by atoms with Gasteiger partial charge in [-0.15, -0.1) is 15.0 Å². The molecule has 27 heavy (non-hydrogen) atoms. The molecule has 0 saturated carbocycles. The summed E-state index contributed by atoms with van der Waals surface area (Å²) < 4.78 is 0. The largest absolute Gasteiger partial charge is 0.508 e. The molecule has 0 saturated heterocycles. The van der Waals surface area contributed by atoms with Crippen molar-refractivity contribution in [2.45, 2.75) is 13.3 Å². The number of phenolic OH excluding ortho intramolecular Hbond substituents is 4. The number of benzene rings is 3. The molecule has 1 aromatic heterocycles. The monoisotopic (exact) mass is 363 g/mol. The molecule has 0 aliphatic rings. The van der Waals surface area contributed by atoms with Crippen molar-refractivity contribution < 1.29 is 20.4 Å². The first kappa shape index (κ1) is 16.7. The summed E-state index contributed by atoms with van der Waals surface area (Å²) in [5, 5.41) is 49.5. The molecule has 0 aliphatic carbocycles. The fourth-order valence-electron chi connectivity index (χ4n) is 3.09. The van der Waals surface area contributed by atoms with Crippen molar-refractivity contribution >= 4 is 11.0 Å². The average molecular weight is 363 g/mol. The summed E-state index contributed by atoms with van der Waals surface area (Å²) in [7, 11) is 0. The van der Waals surface area contributed by atoms with E-state index in [0.717, 1.165) is 0 Å². The lowest BCUT2D eigenvalue weighted by molar-refractivity contribution is 0.443. The van der Waals surface area contributed by atoms with Gasteiger partial charge >= 0.3 is 0 Å². The van der Waals surface area contributed by atoms with E-state index < -0.39 is 0 Å². The molecule has 7 heteroatoms. The van der Waals surface area contributed by atoms with E-state index >= 15 is 0 Å². The molecule has 0 unspecified atom stereocenters. The SMILES string of the molecule is Cc1cc(O)cc(Cc2cc(O)cc(-n3nc4ccccc4n3)c2O)c1O. The molecule has 4 N–H and O–H groups in total. The fourth-order valence-corrected chi connectivity index (χ4v) is 3.09. The van der Waals surface area contributed by atoms with Crippen LogP contribution in [0.2, 0.25) is 0 Å². The lowest BCUT2D eigenvalue weighted by atomic mass is 9.99. The van der Waals surface area contributed by atoms with Crippen molar-refractivity contribution in [2.24, 2.45) is 0 Å². The third kappa shape index (κ3) is 2.99. The molecule has 0 bridgehead atoms. The zero-order valence-corrected chi connectivity index (χ0v) is 14.5. The molecule has 3 aromatic carbocycles. The Hall–Kier alpha value is -3.74. The van der Waals surface area contributed by atoms with Crippen LogP contribution in [0.15, 0.2) is 48.5 Å². The van der Waals surface area contributed by atoms with Crippen LogP contribution in [-0.4, -0.2) is 35.4 Å². The average Bonchev–Trinajstić information content (AvgIpc) is 3.05. The van der Waals surface area contributed by atoms with E-state index in [0.29, 0.717) is 27.7 Å². The van der Waals surface area contributed by atoms with Crippen LogP contribution in [0.1, 0.15) is 16.7 Å². The number of aromatic nitrogens is 3. The Morgan fingerprint density at radius 1 is 0.778 bits per heavy atom. The first-order valence-electron chi connectivity index (χ1n) is 8.31. The number of fused-ring (bicyclic) bond motifs is 1. The number of aromatic hydroxyl groups is 4. The van der Waals surface area contributed by atoms with Gasteiger partial charge in [0.15, 0.2) is 0 Å². The molecule has 136 valence electrons. The van der Waals surface area contributed by atoms with Crippen molar-refractivity contribution in [1.29, 1.82) is 0 Å². The molecule has 7 nitrogen and oxygen atoms in total. The minimum Gasteiger partial charge on any atom is -0.508 e. The Morgan fingerprint density at radius 3 is 1.96 bits per heavy atom. The second-order valence-electron chi connectivity index (χ2n) is 6.40. The van der Waals surface area contributed by atoms with Gasteiger partial charge in [0.1, 0.15) is 39.7 Å². The normalized spacial score (nSPS) is 11.1. The van der Waals surface area contributed by atoms with E-state index in [2.05, 4.69) is 10.2 Å². The van der Waals surface area contributed by atoms with Gasteiger partial charge in [-0.3, -0.25) is 0 Å². The maximum Gasteiger partial charge on any atom is 0.146 e. The third-order valence-corrected chi connectivity index (χ3v) is 4.40. The number of hydrogen-bond acceptors (Lipinski definition) is 6. The van der Waals surface area contributed by atoms with Crippen LogP contribution in [0, 0.1) is 6.92 Å². The molecule has 0 atom stereocenters. The fraction of sp³-hybridized carbons (Fsp3) is 0.100. The molecule has 4 rings (SSSR count). The molecule has 0 spiro atoms. The van der Waals surface area contributed by atoms with E-state index in [9.17, 15) is 20.4 Å². The summed E-state index contributed by atoms with van der Waals surface area (Å²) in [5.74, 6) is -0.149. The van der Waals surface area contributed by atoms with Gasteiger partial charge in [0, 0.05) is 23.6 Å². The second kappa shape index (κ2) is 6.21. The second-order valence-corrected chi connectivity index (χ2v) is 6.40. The smallest absolute Gasteiger partial charge is 0.146 e. The van der Waals surface area contributed by atoms with Crippen LogP contribution in [0.25, 0.3) is 16.7 Å². The standard InChI is InChI=1S/C20H17N3O4/c1-11-6-14(24)8-12(19(11)26)7-13-9-15(25)10-18(20(13)27)23-21-16-4-2-3-5-17(16)22-23/h2-6,8-10,24-27H,7H2,1H3. The Balaban J connectivity index is 1.82. The van der Waals surface area contributed by atoms with Crippen LogP contribution in [0.3, 0.4) is 0 Å². The number of aryl methyl sites for hydroxylation is 1. The number of rotatable bonds is 3. The van der Waals surface area contributed by atoms with Crippen molar-refractivity contribution in [3.8, 4) is 28.7 Å². The molecule has 1 heterocycles. The lowest BCUT2D eigenvalue weighted by Gasteiger charge is -2.12. The van der Waals surface area contributed by atoms with Crippen LogP contribution in [0.4, 0.5) is 0 Å². The van der Waals surface area contributed by atoms with E-state index in [-0.39, 0.29) is 35.1 Å². The summed E-state index contributed by atoms with van der Waals surface area (Å²) in [6.45, 7) is 1.67. The first-order valence-corrected chi connectivity index (χ1v) is 8.31. The maximum atomic E-state index is 10.7. The highest BCUT2D eigenvalue weighted by atomic mass is 16.3. The van der Waals surface area contributed by atoms with Gasteiger partial charge < -0.3 is 20.4 Å². The quantitative estimate of drug-likeness (QED) is 0.416. The third-order valence-electron chi connectivity index (χ3n) is 4.40. The minimum absolute atomic E-state index is 0.0140. The van der Waals surface area contributed by atoms with Crippen molar-refractivity contribution in [2.75, 3.05) is 0 Å². The predicted molar refractivity (Wildman–Crippen MR) is 99.5 cm³/mol. The van der Waals surface area contributed by atoms with Crippen LogP contribution >= 0.6 is 0 Å². The van der Waals surface area contributed by atoms with E-state index in [1.165, 1.54) is 29.1 Å². The summed E-state index contributed by atoms with van der Waals surface area (Å²) >= 11 is 0. The molecule has 0 radical (unpaired) electrons. The van der Waals surface area contributed by atoms with Gasteiger partial charge in [-0.05, 0) is 42.8 Å². The van der Waals surface area contributed by atoms with Crippen molar-refractivity contribution in [3.63, 3.8) is 0 Å². The van der Waals surface area contributed by atoms with Gasteiger partial charge in [-0.1, -0.05) is 12.1 Å². The highest BCUT2D eigenvalue weighted by Gasteiger charge is 2.17. The number of phenols is 4. The summed E-state index contributed by atoms with van der Waals surface area (Å²) in [6.07, 6.45) is 0.106. The van der Waals surface area contributed by atoms with Crippen molar-refractivity contribution in [3.05, 3.63) is 65.2 Å². The predicted octanol–water partition coefficient (Wildman–Crippen LogP) is 3.14. The maximum absolute atomic E-state index is 10.7. The van der Waals surface area contributed by atoms with Crippen LogP contribution in [0.5, 0.6) is 23.0 Å². The number of hydrogen-bond donors (Lipinski definition) is 4. The first-order chi connectivity index (χ1) is 12.9. The highest BCUT2D eigenvalue weighted by molar-refractivity contribution is 5.74. The number of nitrogens with zero attached hydrogens (tertiary/aromatic N) is 3. The van der Waals surface area contributed by atoms with E-state index in [1.807, 2.05) is 12.1 Å². The lowest BCUT2D eigenvalue weighted by Crippen LogP contribution is -2.01. The van der Waals surface area contributed by atoms with Gasteiger partial charge in [0.25, 0.3) is 0 Å². The Bertz CT molecular complexity index is 1130. The van der Waals surface area contributed by atoms with Crippen LogP contribution < -0.4 is 0 Å². The van der Waals surface area contributed by atoms with Crippen LogP contribution in [-0.2, 0) is 6.42 Å². The Labute approximate surface area is 154 Å². The molecule has 4 aromatic rings. The van der Waals surface area contributed by atoms with Gasteiger partial charge in [0.05, 0.1) is 0 Å². The Kier molecular flexibility index (Phi) is 3.84. The molecular weight excluding hydrogens is 346 g/mol. The van der Waals surface area contributed by atoms with Gasteiger partial charge in [0.2, 0.25) is 0 Å². The summed E-state index contributed by atoms with van der Waals surface area (Å²) in [6, 6.07) is 12.9.